The van der Waals surface area contributed by atoms with Crippen LogP contribution in [0.15, 0.2) is 48.9 Å². The number of aryl methyl sites for hydroxylation is 1. The first-order valence-corrected chi connectivity index (χ1v) is 9.07. The Bertz CT molecular complexity index is 904. The van der Waals surface area contributed by atoms with Crippen LogP contribution in [0.5, 0.6) is 0 Å². The van der Waals surface area contributed by atoms with Crippen LogP contribution in [0.25, 0.3) is 5.65 Å². The Morgan fingerprint density at radius 1 is 1.19 bits per heavy atom. The van der Waals surface area contributed by atoms with E-state index in [0.29, 0.717) is 11.2 Å². The molecule has 2 N–H and O–H groups in total. The summed E-state index contributed by atoms with van der Waals surface area (Å²) < 4.78 is 1.54. The van der Waals surface area contributed by atoms with Crippen molar-refractivity contribution in [2.24, 2.45) is 0 Å². The van der Waals surface area contributed by atoms with Crippen LogP contribution in [0.1, 0.15) is 42.1 Å². The monoisotopic (exact) mass is 367 g/mol. The molecule has 0 aliphatic carbocycles. The first-order valence-electron chi connectivity index (χ1n) is 8.66. The summed E-state index contributed by atoms with van der Waals surface area (Å²) in [6, 6.07) is 9.87. The first-order chi connectivity index (χ1) is 12.7. The molecule has 1 aromatic carbocycles. The van der Waals surface area contributed by atoms with Gasteiger partial charge in [-0.25, -0.2) is 9.50 Å². The van der Waals surface area contributed by atoms with E-state index < -0.39 is 0 Å². The van der Waals surface area contributed by atoms with Gasteiger partial charge in [0.2, 0.25) is 0 Å². The summed E-state index contributed by atoms with van der Waals surface area (Å²) in [6.07, 6.45) is 9.49. The molecule has 134 valence electrons. The van der Waals surface area contributed by atoms with Gasteiger partial charge in [-0.3, -0.25) is 10.1 Å². The number of benzene rings is 1. The number of aromatic nitrogens is 3. The van der Waals surface area contributed by atoms with Crippen LogP contribution in [-0.4, -0.2) is 25.6 Å². The van der Waals surface area contributed by atoms with E-state index in [1.54, 1.807) is 23.0 Å². The SMILES string of the molecule is CCCCCc1ccc(NC(=S)NC(=O)c2cnc3ccnn3c2)cc1. The van der Waals surface area contributed by atoms with E-state index >= 15 is 0 Å². The number of carbonyl (C=O) groups excluding carboxylic acids is 1. The third-order valence-corrected chi connectivity index (χ3v) is 4.22. The lowest BCUT2D eigenvalue weighted by molar-refractivity contribution is 0.0977. The fourth-order valence-corrected chi connectivity index (χ4v) is 2.81. The third-order valence-electron chi connectivity index (χ3n) is 4.02. The summed E-state index contributed by atoms with van der Waals surface area (Å²) >= 11 is 5.22. The standard InChI is InChI=1S/C19H21N5OS/c1-2-3-4-5-14-6-8-16(9-7-14)22-19(26)23-18(25)15-12-20-17-10-11-21-24(17)13-15/h6-13H,2-5H2,1H3,(H2,22,23,25,26). The molecule has 0 spiro atoms. The van der Waals surface area contributed by atoms with Crippen LogP contribution in [0.3, 0.4) is 0 Å². The normalized spacial score (nSPS) is 10.7. The Kier molecular flexibility index (Phi) is 5.91. The summed E-state index contributed by atoms with van der Waals surface area (Å²) in [6.45, 7) is 2.20. The second-order valence-electron chi connectivity index (χ2n) is 6.04. The molecule has 3 rings (SSSR count). The van der Waals surface area contributed by atoms with E-state index in [4.69, 9.17) is 12.2 Å². The molecule has 26 heavy (non-hydrogen) atoms. The number of hydrogen-bond donors (Lipinski definition) is 2. The maximum absolute atomic E-state index is 12.3. The molecule has 1 amide bonds. The predicted molar refractivity (Wildman–Crippen MR) is 106 cm³/mol. The largest absolute Gasteiger partial charge is 0.332 e. The molecule has 0 saturated heterocycles. The third kappa shape index (κ3) is 4.64. The Balaban J connectivity index is 1.55. The summed E-state index contributed by atoms with van der Waals surface area (Å²) in [5.74, 6) is -0.330. The first kappa shape index (κ1) is 18.0. The summed E-state index contributed by atoms with van der Waals surface area (Å²) in [7, 11) is 0. The highest BCUT2D eigenvalue weighted by molar-refractivity contribution is 7.80. The molecule has 0 aliphatic heterocycles. The molecule has 2 heterocycles. The fourth-order valence-electron chi connectivity index (χ4n) is 2.60. The highest BCUT2D eigenvalue weighted by Crippen LogP contribution is 2.12. The van der Waals surface area contributed by atoms with Gasteiger partial charge in [-0.2, -0.15) is 5.10 Å². The molecular formula is C19H21N5OS. The lowest BCUT2D eigenvalue weighted by Crippen LogP contribution is -2.34. The highest BCUT2D eigenvalue weighted by atomic mass is 32.1. The average molecular weight is 367 g/mol. The molecule has 0 atom stereocenters. The highest BCUT2D eigenvalue weighted by Gasteiger charge is 2.10. The minimum Gasteiger partial charge on any atom is -0.332 e. The number of thiocarbonyl (C=S) groups is 1. The Hall–Kier alpha value is -2.80. The molecule has 6 nitrogen and oxygen atoms in total. The van der Waals surface area contributed by atoms with Gasteiger partial charge in [-0.05, 0) is 42.8 Å². The molecule has 0 saturated carbocycles. The number of carbonyl (C=O) groups is 1. The van der Waals surface area contributed by atoms with Crippen molar-refractivity contribution in [3.05, 3.63) is 60.0 Å². The lowest BCUT2D eigenvalue weighted by Gasteiger charge is -2.10. The van der Waals surface area contributed by atoms with Crippen LogP contribution in [0.4, 0.5) is 5.69 Å². The maximum Gasteiger partial charge on any atom is 0.260 e. The van der Waals surface area contributed by atoms with Gasteiger partial charge in [0, 0.05) is 24.1 Å². The minimum absolute atomic E-state index is 0.245. The van der Waals surface area contributed by atoms with Crippen molar-refractivity contribution in [2.45, 2.75) is 32.6 Å². The van der Waals surface area contributed by atoms with E-state index in [1.807, 2.05) is 12.1 Å². The van der Waals surface area contributed by atoms with Crippen LogP contribution in [0.2, 0.25) is 0 Å². The van der Waals surface area contributed by atoms with Gasteiger partial charge in [0.15, 0.2) is 10.8 Å². The number of amides is 1. The van der Waals surface area contributed by atoms with E-state index in [2.05, 4.69) is 39.8 Å². The zero-order valence-electron chi connectivity index (χ0n) is 14.6. The number of nitrogens with one attached hydrogen (secondary N) is 2. The fraction of sp³-hybridized carbons (Fsp3) is 0.263. The Labute approximate surface area is 157 Å². The number of unbranched alkanes of at least 4 members (excludes halogenated alkanes) is 2. The average Bonchev–Trinajstić information content (AvgIpc) is 3.11. The summed E-state index contributed by atoms with van der Waals surface area (Å²) in [5.41, 5.74) is 3.21. The Morgan fingerprint density at radius 3 is 2.77 bits per heavy atom. The molecule has 0 fully saturated rings. The zero-order valence-corrected chi connectivity index (χ0v) is 15.4. The van der Waals surface area contributed by atoms with Crippen molar-refractivity contribution >= 4 is 34.6 Å². The van der Waals surface area contributed by atoms with Crippen LogP contribution < -0.4 is 10.6 Å². The quantitative estimate of drug-likeness (QED) is 0.515. The van der Waals surface area contributed by atoms with E-state index in [1.165, 1.54) is 31.0 Å². The van der Waals surface area contributed by atoms with Gasteiger partial charge >= 0.3 is 0 Å². The van der Waals surface area contributed by atoms with Crippen molar-refractivity contribution in [3.8, 4) is 0 Å². The lowest BCUT2D eigenvalue weighted by atomic mass is 10.1. The maximum atomic E-state index is 12.3. The molecule has 0 unspecified atom stereocenters. The summed E-state index contributed by atoms with van der Waals surface area (Å²) in [5, 5.41) is 10.00. The van der Waals surface area contributed by atoms with Crippen molar-refractivity contribution < 1.29 is 4.79 Å². The topological polar surface area (TPSA) is 71.3 Å². The molecule has 0 bridgehead atoms. The smallest absolute Gasteiger partial charge is 0.260 e. The van der Waals surface area contributed by atoms with Gasteiger partial charge in [-0.1, -0.05) is 31.9 Å². The molecule has 7 heteroatoms. The molecule has 2 aromatic heterocycles. The number of nitrogens with zero attached hydrogens (tertiary/aromatic N) is 3. The van der Waals surface area contributed by atoms with Crippen molar-refractivity contribution in [1.82, 2.24) is 19.9 Å². The number of rotatable bonds is 6. The second-order valence-corrected chi connectivity index (χ2v) is 6.45. The van der Waals surface area contributed by atoms with E-state index in [0.717, 1.165) is 12.1 Å². The molecule has 0 aliphatic rings. The van der Waals surface area contributed by atoms with Crippen molar-refractivity contribution in [1.29, 1.82) is 0 Å². The molecular weight excluding hydrogens is 346 g/mol. The van der Waals surface area contributed by atoms with Gasteiger partial charge in [0.25, 0.3) is 5.91 Å². The number of anilines is 1. The van der Waals surface area contributed by atoms with E-state index in [-0.39, 0.29) is 11.0 Å². The van der Waals surface area contributed by atoms with Crippen molar-refractivity contribution in [3.63, 3.8) is 0 Å². The van der Waals surface area contributed by atoms with Gasteiger partial charge in [-0.15, -0.1) is 0 Å². The van der Waals surface area contributed by atoms with Crippen LogP contribution >= 0.6 is 12.2 Å². The van der Waals surface area contributed by atoms with Gasteiger partial charge < -0.3 is 5.32 Å². The number of hydrogen-bond acceptors (Lipinski definition) is 4. The van der Waals surface area contributed by atoms with Crippen LogP contribution in [0, 0.1) is 0 Å². The van der Waals surface area contributed by atoms with Gasteiger partial charge in [0.1, 0.15) is 0 Å². The predicted octanol–water partition coefficient (Wildman–Crippen LogP) is 3.59. The molecule has 3 aromatic rings. The van der Waals surface area contributed by atoms with Crippen LogP contribution in [-0.2, 0) is 6.42 Å². The Morgan fingerprint density at radius 2 is 2.00 bits per heavy atom. The molecule has 0 radical (unpaired) electrons. The summed E-state index contributed by atoms with van der Waals surface area (Å²) in [4.78, 5) is 16.5. The van der Waals surface area contributed by atoms with Crippen molar-refractivity contribution in [2.75, 3.05) is 5.32 Å². The second kappa shape index (κ2) is 8.53. The zero-order chi connectivity index (χ0) is 18.4. The van der Waals surface area contributed by atoms with Gasteiger partial charge in [0.05, 0.1) is 11.8 Å². The number of fused-ring (bicyclic) bond motifs is 1. The van der Waals surface area contributed by atoms with E-state index in [9.17, 15) is 4.79 Å². The minimum atomic E-state index is -0.330.